The topological polar surface area (TPSA) is 94.2 Å². The minimum atomic E-state index is -0.498. The van der Waals surface area contributed by atoms with Crippen molar-refractivity contribution in [2.24, 2.45) is 0 Å². The predicted octanol–water partition coefficient (Wildman–Crippen LogP) is 4.26. The van der Waals surface area contributed by atoms with Crippen LogP contribution in [0.5, 0.6) is 11.5 Å². The van der Waals surface area contributed by atoms with Crippen molar-refractivity contribution in [2.45, 2.75) is 13.5 Å². The summed E-state index contributed by atoms with van der Waals surface area (Å²) >= 11 is 6.79. The van der Waals surface area contributed by atoms with Gasteiger partial charge in [-0.1, -0.05) is 44.0 Å². The molecule has 1 N–H and O–H groups in total. The Hall–Kier alpha value is -2.85. The number of methoxy groups -OCH3 is 1. The van der Waals surface area contributed by atoms with Gasteiger partial charge in [-0.25, -0.2) is 9.59 Å². The molecule has 3 rings (SSSR count). The van der Waals surface area contributed by atoms with Crippen LogP contribution in [0.15, 0.2) is 51.0 Å². The predicted molar refractivity (Wildman–Crippen MR) is 124 cm³/mol. The zero-order valence-electron chi connectivity index (χ0n) is 17.3. The summed E-state index contributed by atoms with van der Waals surface area (Å²) in [5.41, 5.74) is 1.54. The SMILES string of the molecule is CCOC(=O)COc1cc(Br)c(/C=C2/NC(=O)N(Cc3ccc(Br)cc3)C2=O)cc1OC. The Labute approximate surface area is 201 Å². The maximum Gasteiger partial charge on any atom is 0.344 e. The maximum absolute atomic E-state index is 12.8. The van der Waals surface area contributed by atoms with Gasteiger partial charge in [-0.15, -0.1) is 0 Å². The van der Waals surface area contributed by atoms with E-state index in [1.807, 2.05) is 24.3 Å². The zero-order valence-corrected chi connectivity index (χ0v) is 20.5. The van der Waals surface area contributed by atoms with Crippen LogP contribution in [-0.2, 0) is 20.9 Å². The second kappa shape index (κ2) is 10.6. The molecule has 1 saturated heterocycles. The third-order valence-electron chi connectivity index (χ3n) is 4.45. The highest BCUT2D eigenvalue weighted by Gasteiger charge is 2.33. The van der Waals surface area contributed by atoms with E-state index in [9.17, 15) is 14.4 Å². The average Bonchev–Trinajstić information content (AvgIpc) is 3.02. The molecule has 0 bridgehead atoms. The molecular formula is C22H20Br2N2O6. The number of amides is 3. The molecule has 1 aliphatic heterocycles. The molecule has 2 aromatic rings. The van der Waals surface area contributed by atoms with Crippen molar-refractivity contribution in [2.75, 3.05) is 20.3 Å². The first-order valence-electron chi connectivity index (χ1n) is 9.57. The highest BCUT2D eigenvalue weighted by molar-refractivity contribution is 9.10. The number of rotatable bonds is 8. The van der Waals surface area contributed by atoms with Gasteiger partial charge < -0.3 is 19.5 Å². The Morgan fingerprint density at radius 1 is 1.12 bits per heavy atom. The quantitative estimate of drug-likeness (QED) is 0.291. The van der Waals surface area contributed by atoms with Crippen LogP contribution in [0.1, 0.15) is 18.1 Å². The van der Waals surface area contributed by atoms with Crippen LogP contribution in [-0.4, -0.2) is 43.1 Å². The lowest BCUT2D eigenvalue weighted by atomic mass is 10.1. The number of hydrogen-bond donors (Lipinski definition) is 1. The molecule has 0 saturated carbocycles. The van der Waals surface area contributed by atoms with E-state index in [1.165, 1.54) is 7.11 Å². The monoisotopic (exact) mass is 566 g/mol. The number of nitrogens with one attached hydrogen (secondary N) is 1. The van der Waals surface area contributed by atoms with Crippen LogP contribution in [0.2, 0.25) is 0 Å². The number of nitrogens with zero attached hydrogens (tertiary/aromatic N) is 1. The van der Waals surface area contributed by atoms with Crippen molar-refractivity contribution in [3.63, 3.8) is 0 Å². The van der Waals surface area contributed by atoms with Crippen LogP contribution in [0.4, 0.5) is 4.79 Å². The second-order valence-electron chi connectivity index (χ2n) is 6.62. The number of carbonyl (C=O) groups is 3. The van der Waals surface area contributed by atoms with Crippen molar-refractivity contribution in [3.05, 3.63) is 62.2 Å². The van der Waals surface area contributed by atoms with Gasteiger partial charge in [0.2, 0.25) is 0 Å². The van der Waals surface area contributed by atoms with E-state index in [0.29, 0.717) is 21.5 Å². The van der Waals surface area contributed by atoms with Crippen molar-refractivity contribution in [3.8, 4) is 11.5 Å². The van der Waals surface area contributed by atoms with E-state index in [0.717, 1.165) is 14.9 Å². The fraction of sp³-hybridized carbons (Fsp3) is 0.227. The van der Waals surface area contributed by atoms with Crippen LogP contribution < -0.4 is 14.8 Å². The second-order valence-corrected chi connectivity index (χ2v) is 8.39. The standard InChI is InChI=1S/C22H20Br2N2O6/c1-3-31-20(27)12-32-19-10-16(24)14(9-18(19)30-2)8-17-21(28)26(22(29)25-17)11-13-4-6-15(23)7-5-13/h4-10H,3,11-12H2,1-2H3,(H,25,29)/b17-8+. The van der Waals surface area contributed by atoms with Crippen LogP contribution in [0.25, 0.3) is 6.08 Å². The molecule has 0 radical (unpaired) electrons. The number of benzene rings is 2. The molecule has 0 unspecified atom stereocenters. The fourth-order valence-corrected chi connectivity index (χ4v) is 3.62. The van der Waals surface area contributed by atoms with E-state index in [-0.39, 0.29) is 25.5 Å². The summed E-state index contributed by atoms with van der Waals surface area (Å²) in [7, 11) is 1.46. The number of halogens is 2. The Morgan fingerprint density at radius 2 is 1.84 bits per heavy atom. The van der Waals surface area contributed by atoms with Crippen LogP contribution >= 0.6 is 31.9 Å². The molecule has 0 spiro atoms. The number of imide groups is 1. The average molecular weight is 568 g/mol. The summed E-state index contributed by atoms with van der Waals surface area (Å²) < 4.78 is 17.2. The van der Waals surface area contributed by atoms with Gasteiger partial charge in [0.25, 0.3) is 5.91 Å². The first-order chi connectivity index (χ1) is 15.3. The summed E-state index contributed by atoms with van der Waals surface area (Å²) in [6.45, 7) is 1.85. The first kappa shape index (κ1) is 23.8. The van der Waals surface area contributed by atoms with Gasteiger partial charge in [-0.2, -0.15) is 0 Å². The van der Waals surface area contributed by atoms with Crippen molar-refractivity contribution >= 4 is 55.8 Å². The lowest BCUT2D eigenvalue weighted by Gasteiger charge is -2.13. The molecular weight excluding hydrogens is 548 g/mol. The number of ether oxygens (including phenoxy) is 3. The molecule has 0 atom stereocenters. The third kappa shape index (κ3) is 5.68. The smallest absolute Gasteiger partial charge is 0.344 e. The zero-order chi connectivity index (χ0) is 23.3. The molecule has 8 nitrogen and oxygen atoms in total. The molecule has 0 aromatic heterocycles. The first-order valence-corrected chi connectivity index (χ1v) is 11.2. The van der Waals surface area contributed by atoms with E-state index in [1.54, 1.807) is 25.1 Å². The molecule has 168 valence electrons. The number of esters is 1. The van der Waals surface area contributed by atoms with Gasteiger partial charge in [0.05, 0.1) is 20.3 Å². The minimum absolute atomic E-state index is 0.134. The number of urea groups is 1. The van der Waals surface area contributed by atoms with Gasteiger partial charge in [-0.05, 0) is 48.4 Å². The van der Waals surface area contributed by atoms with Crippen molar-refractivity contribution < 1.29 is 28.6 Å². The third-order valence-corrected chi connectivity index (χ3v) is 5.67. The van der Waals surface area contributed by atoms with E-state index in [4.69, 9.17) is 14.2 Å². The largest absolute Gasteiger partial charge is 0.493 e. The molecule has 0 aliphatic carbocycles. The van der Waals surface area contributed by atoms with E-state index in [2.05, 4.69) is 37.2 Å². The van der Waals surface area contributed by atoms with Gasteiger partial charge in [0.1, 0.15) is 5.70 Å². The highest BCUT2D eigenvalue weighted by atomic mass is 79.9. The summed E-state index contributed by atoms with van der Waals surface area (Å²) in [5.74, 6) is -0.255. The Morgan fingerprint density at radius 3 is 2.50 bits per heavy atom. The summed E-state index contributed by atoms with van der Waals surface area (Å²) in [4.78, 5) is 37.9. The highest BCUT2D eigenvalue weighted by Crippen LogP contribution is 2.35. The van der Waals surface area contributed by atoms with E-state index >= 15 is 0 Å². The van der Waals surface area contributed by atoms with Gasteiger partial charge in [-0.3, -0.25) is 9.69 Å². The Bertz CT molecular complexity index is 1070. The van der Waals surface area contributed by atoms with Crippen LogP contribution in [0, 0.1) is 0 Å². The van der Waals surface area contributed by atoms with E-state index < -0.39 is 17.9 Å². The maximum atomic E-state index is 12.8. The lowest BCUT2D eigenvalue weighted by Crippen LogP contribution is -2.30. The molecule has 1 fully saturated rings. The fourth-order valence-electron chi connectivity index (χ4n) is 2.92. The molecule has 32 heavy (non-hydrogen) atoms. The minimum Gasteiger partial charge on any atom is -0.493 e. The van der Waals surface area contributed by atoms with Crippen LogP contribution in [0.3, 0.4) is 0 Å². The Balaban J connectivity index is 1.79. The summed E-state index contributed by atoms with van der Waals surface area (Å²) in [5, 5.41) is 2.60. The number of hydrogen-bond acceptors (Lipinski definition) is 6. The summed E-state index contributed by atoms with van der Waals surface area (Å²) in [6, 6.07) is 10.1. The molecule has 10 heteroatoms. The normalized spacial score (nSPS) is 14.5. The van der Waals surface area contributed by atoms with Crippen molar-refractivity contribution in [1.82, 2.24) is 10.2 Å². The van der Waals surface area contributed by atoms with Gasteiger partial charge >= 0.3 is 12.0 Å². The Kier molecular flexibility index (Phi) is 7.92. The summed E-state index contributed by atoms with van der Waals surface area (Å²) in [6.07, 6.45) is 1.55. The van der Waals surface area contributed by atoms with Gasteiger partial charge in [0.15, 0.2) is 18.1 Å². The molecule has 3 amide bonds. The van der Waals surface area contributed by atoms with Crippen molar-refractivity contribution in [1.29, 1.82) is 0 Å². The lowest BCUT2D eigenvalue weighted by molar-refractivity contribution is -0.145. The molecule has 2 aromatic carbocycles. The molecule has 1 heterocycles. The molecule has 1 aliphatic rings. The number of carbonyl (C=O) groups excluding carboxylic acids is 3. The van der Waals surface area contributed by atoms with Gasteiger partial charge in [0, 0.05) is 8.95 Å².